The van der Waals surface area contributed by atoms with Crippen LogP contribution in [0, 0.1) is 0 Å². The van der Waals surface area contributed by atoms with Gasteiger partial charge in [0.25, 0.3) is 0 Å². The van der Waals surface area contributed by atoms with E-state index in [9.17, 15) is 9.59 Å². The third-order valence-corrected chi connectivity index (χ3v) is 1.79. The van der Waals surface area contributed by atoms with E-state index in [1.54, 1.807) is 0 Å². The second kappa shape index (κ2) is 7.05. The van der Waals surface area contributed by atoms with E-state index in [2.05, 4.69) is 5.32 Å². The number of carboxylic acids is 1. The number of carbonyl (C=O) groups excluding carboxylic acids is 1. The van der Waals surface area contributed by atoms with E-state index in [-0.39, 0.29) is 0 Å². The van der Waals surface area contributed by atoms with Gasteiger partial charge >= 0.3 is 5.97 Å². The minimum absolute atomic E-state index is 0.317. The predicted octanol–water partition coefficient (Wildman–Crippen LogP) is 0.822. The molecule has 0 aliphatic rings. The molecule has 0 aliphatic carbocycles. The topological polar surface area (TPSA) is 75.6 Å². The lowest BCUT2D eigenvalue weighted by molar-refractivity contribution is -0.131. The van der Waals surface area contributed by atoms with E-state index in [4.69, 9.17) is 9.84 Å². The van der Waals surface area contributed by atoms with E-state index < -0.39 is 11.9 Å². The highest BCUT2D eigenvalue weighted by molar-refractivity contribution is 5.93. The number of hydrogen-bond acceptors (Lipinski definition) is 3. The number of rotatable bonds is 6. The molecule has 90 valence electrons. The van der Waals surface area contributed by atoms with Crippen molar-refractivity contribution in [3.63, 3.8) is 0 Å². The van der Waals surface area contributed by atoms with Crippen molar-refractivity contribution in [2.24, 2.45) is 0 Å². The molecule has 0 aliphatic heterocycles. The molecule has 5 nitrogen and oxygen atoms in total. The fraction of sp³-hybridized carbons (Fsp3) is 0.167. The van der Waals surface area contributed by atoms with Gasteiger partial charge in [-0.15, -0.1) is 0 Å². The average Bonchev–Trinajstić information content (AvgIpc) is 2.33. The number of aliphatic carboxylic acids is 1. The maximum absolute atomic E-state index is 11.0. The Morgan fingerprint density at radius 1 is 1.24 bits per heavy atom. The summed E-state index contributed by atoms with van der Waals surface area (Å²) in [5.41, 5.74) is 0. The fourth-order valence-electron chi connectivity index (χ4n) is 1.07. The van der Waals surface area contributed by atoms with E-state index in [0.717, 1.165) is 17.9 Å². The first-order valence-corrected chi connectivity index (χ1v) is 5.05. The molecule has 0 spiro atoms. The molecular formula is C12H13NO4. The van der Waals surface area contributed by atoms with Gasteiger partial charge in [-0.3, -0.25) is 4.79 Å². The van der Waals surface area contributed by atoms with Crippen LogP contribution in [0.2, 0.25) is 0 Å². The summed E-state index contributed by atoms with van der Waals surface area (Å²) in [5, 5.41) is 10.8. The monoisotopic (exact) mass is 235 g/mol. The average molecular weight is 235 g/mol. The number of carboxylic acid groups (broad SMARTS) is 1. The van der Waals surface area contributed by atoms with Crippen molar-refractivity contribution in [3.05, 3.63) is 42.5 Å². The highest BCUT2D eigenvalue weighted by Crippen LogP contribution is 2.07. The Morgan fingerprint density at radius 3 is 2.59 bits per heavy atom. The third-order valence-electron chi connectivity index (χ3n) is 1.79. The van der Waals surface area contributed by atoms with Crippen LogP contribution in [-0.2, 0) is 9.59 Å². The molecule has 17 heavy (non-hydrogen) atoms. The molecule has 0 unspecified atom stereocenters. The van der Waals surface area contributed by atoms with Gasteiger partial charge in [-0.2, -0.15) is 0 Å². The van der Waals surface area contributed by atoms with Crippen LogP contribution in [0.1, 0.15) is 0 Å². The number of hydrogen-bond donors (Lipinski definition) is 2. The normalized spacial score (nSPS) is 10.1. The number of ether oxygens (including phenoxy) is 1. The van der Waals surface area contributed by atoms with Gasteiger partial charge in [0.2, 0.25) is 5.91 Å². The summed E-state index contributed by atoms with van der Waals surface area (Å²) < 4.78 is 5.33. The van der Waals surface area contributed by atoms with Gasteiger partial charge in [-0.1, -0.05) is 18.2 Å². The lowest BCUT2D eigenvalue weighted by Gasteiger charge is -2.05. The van der Waals surface area contributed by atoms with Gasteiger partial charge in [-0.05, 0) is 12.1 Å². The number of nitrogens with one attached hydrogen (secondary N) is 1. The molecule has 0 bridgehead atoms. The second-order valence-electron chi connectivity index (χ2n) is 3.12. The van der Waals surface area contributed by atoms with Crippen LogP contribution in [0.3, 0.4) is 0 Å². The van der Waals surface area contributed by atoms with Crippen molar-refractivity contribution in [2.45, 2.75) is 0 Å². The van der Waals surface area contributed by atoms with Crippen molar-refractivity contribution in [3.8, 4) is 5.75 Å². The van der Waals surface area contributed by atoms with Gasteiger partial charge in [0.1, 0.15) is 12.4 Å². The quantitative estimate of drug-likeness (QED) is 0.565. The van der Waals surface area contributed by atoms with Gasteiger partial charge in [0.05, 0.1) is 6.54 Å². The molecule has 0 saturated heterocycles. The summed E-state index contributed by atoms with van der Waals surface area (Å²) in [7, 11) is 0. The number of benzene rings is 1. The predicted molar refractivity (Wildman–Crippen MR) is 61.7 cm³/mol. The summed E-state index contributed by atoms with van der Waals surface area (Å²) in [6, 6.07) is 9.21. The van der Waals surface area contributed by atoms with Crippen LogP contribution in [-0.4, -0.2) is 30.1 Å². The minimum Gasteiger partial charge on any atom is -0.492 e. The molecule has 5 heteroatoms. The number of para-hydroxylation sites is 1. The Kier molecular flexibility index (Phi) is 5.30. The molecule has 2 N–H and O–H groups in total. The zero-order valence-electron chi connectivity index (χ0n) is 9.13. The molecular weight excluding hydrogens is 222 g/mol. The van der Waals surface area contributed by atoms with Gasteiger partial charge in [0.15, 0.2) is 0 Å². The Balaban J connectivity index is 2.16. The van der Waals surface area contributed by atoms with Crippen LogP contribution >= 0.6 is 0 Å². The van der Waals surface area contributed by atoms with E-state index in [0.29, 0.717) is 13.2 Å². The fourth-order valence-corrected chi connectivity index (χ4v) is 1.07. The van der Waals surface area contributed by atoms with Crippen LogP contribution in [0.25, 0.3) is 0 Å². The lowest BCUT2D eigenvalue weighted by Crippen LogP contribution is -2.26. The smallest absolute Gasteiger partial charge is 0.328 e. The van der Waals surface area contributed by atoms with Gasteiger partial charge in [0, 0.05) is 12.2 Å². The first kappa shape index (κ1) is 12.8. The molecule has 1 aromatic rings. The van der Waals surface area contributed by atoms with Crippen molar-refractivity contribution in [2.75, 3.05) is 13.2 Å². The molecule has 0 heterocycles. The molecule has 1 aromatic carbocycles. The van der Waals surface area contributed by atoms with Crippen LogP contribution in [0.15, 0.2) is 42.5 Å². The summed E-state index contributed by atoms with van der Waals surface area (Å²) in [6.07, 6.45) is 1.75. The SMILES string of the molecule is O=C(O)C=CC(=O)NCCOc1ccccc1. The van der Waals surface area contributed by atoms with Crippen molar-refractivity contribution < 1.29 is 19.4 Å². The Bertz CT molecular complexity index is 400. The molecule has 0 atom stereocenters. The zero-order valence-corrected chi connectivity index (χ0v) is 9.13. The number of carbonyl (C=O) groups is 2. The summed E-state index contributed by atoms with van der Waals surface area (Å²) >= 11 is 0. The van der Waals surface area contributed by atoms with Crippen LogP contribution in [0.5, 0.6) is 5.75 Å². The molecule has 0 saturated carbocycles. The zero-order chi connectivity index (χ0) is 12.5. The highest BCUT2D eigenvalue weighted by Gasteiger charge is 1.96. The van der Waals surface area contributed by atoms with Crippen molar-refractivity contribution in [1.82, 2.24) is 5.32 Å². The van der Waals surface area contributed by atoms with Gasteiger partial charge < -0.3 is 15.2 Å². The second-order valence-corrected chi connectivity index (χ2v) is 3.12. The van der Waals surface area contributed by atoms with E-state index in [1.807, 2.05) is 30.3 Å². The molecule has 0 radical (unpaired) electrons. The molecule has 1 amide bonds. The first-order chi connectivity index (χ1) is 8.18. The maximum Gasteiger partial charge on any atom is 0.328 e. The molecule has 1 rings (SSSR count). The van der Waals surface area contributed by atoms with Gasteiger partial charge in [-0.25, -0.2) is 4.79 Å². The Hall–Kier alpha value is -2.30. The number of amides is 1. The third kappa shape index (κ3) is 5.99. The highest BCUT2D eigenvalue weighted by atomic mass is 16.5. The van der Waals surface area contributed by atoms with E-state index in [1.165, 1.54) is 0 Å². The standard InChI is InChI=1S/C12H13NO4/c14-11(6-7-12(15)16)13-8-9-17-10-4-2-1-3-5-10/h1-7H,8-9H2,(H,13,14)(H,15,16). The lowest BCUT2D eigenvalue weighted by atomic mass is 10.3. The first-order valence-electron chi connectivity index (χ1n) is 5.05. The maximum atomic E-state index is 11.0. The van der Waals surface area contributed by atoms with Crippen LogP contribution in [0.4, 0.5) is 0 Å². The largest absolute Gasteiger partial charge is 0.492 e. The van der Waals surface area contributed by atoms with E-state index >= 15 is 0 Å². The van der Waals surface area contributed by atoms with Crippen molar-refractivity contribution in [1.29, 1.82) is 0 Å². The summed E-state index contributed by atoms with van der Waals surface area (Å²) in [5.74, 6) is -0.882. The van der Waals surface area contributed by atoms with Crippen molar-refractivity contribution >= 4 is 11.9 Å². The Labute approximate surface area is 98.7 Å². The Morgan fingerprint density at radius 2 is 1.94 bits per heavy atom. The summed E-state index contributed by atoms with van der Waals surface area (Å²) in [6.45, 7) is 0.647. The minimum atomic E-state index is -1.15. The van der Waals surface area contributed by atoms with Crippen LogP contribution < -0.4 is 10.1 Å². The molecule has 0 aromatic heterocycles. The molecule has 0 fully saturated rings. The summed E-state index contributed by atoms with van der Waals surface area (Å²) in [4.78, 5) is 21.2.